The van der Waals surface area contributed by atoms with Crippen LogP contribution in [0.15, 0.2) is 16.7 Å². The molecule has 8 heteroatoms. The van der Waals surface area contributed by atoms with Gasteiger partial charge in [0.15, 0.2) is 14.6 Å². The van der Waals surface area contributed by atoms with Gasteiger partial charge in [-0.25, -0.2) is 4.79 Å². The van der Waals surface area contributed by atoms with Crippen LogP contribution in [0.3, 0.4) is 0 Å². The quantitative estimate of drug-likeness (QED) is 0.485. The molecule has 2 heterocycles. The number of hydrogen-bond donors (Lipinski definition) is 1. The Labute approximate surface area is 205 Å². The van der Waals surface area contributed by atoms with Crippen molar-refractivity contribution in [3.63, 3.8) is 0 Å². The lowest BCUT2D eigenvalue weighted by molar-refractivity contribution is 0.0181. The Morgan fingerprint density at radius 2 is 1.85 bits per heavy atom. The highest BCUT2D eigenvalue weighted by atomic mass is 28.3. The minimum atomic E-state index is -1.36. The summed E-state index contributed by atoms with van der Waals surface area (Å²) in [6.45, 7) is 17.8. The van der Waals surface area contributed by atoms with Crippen LogP contribution in [0.5, 0.6) is 5.75 Å². The molecule has 1 aliphatic rings. The molecule has 7 nitrogen and oxygen atoms in total. The second-order valence-corrected chi connectivity index (χ2v) is 14.3. The lowest BCUT2D eigenvalue weighted by Gasteiger charge is -2.33. The number of amides is 1. The van der Waals surface area contributed by atoms with Crippen LogP contribution in [0.1, 0.15) is 78.2 Å². The third-order valence-corrected chi connectivity index (χ3v) is 7.06. The van der Waals surface area contributed by atoms with E-state index in [2.05, 4.69) is 39.0 Å². The van der Waals surface area contributed by atoms with E-state index < -0.39 is 14.6 Å². The third-order valence-electron chi connectivity index (χ3n) is 6.24. The molecule has 1 fully saturated rings. The number of piperidine rings is 1. The summed E-state index contributed by atoms with van der Waals surface area (Å²) < 4.78 is 17.7. The standard InChI is InChI=1S/C26H42N2O5Si/c1-25(2,3)23(33-34(7)8)21-20(29)12-10-18-19(27-32-22(18)21)11-9-17-13-15-28(16-14-17)24(30)31-26(4,5)6/h10,12,17,23,29,34H,9,11,13-16H2,1-8H3. The fourth-order valence-corrected chi connectivity index (χ4v) is 5.64. The summed E-state index contributed by atoms with van der Waals surface area (Å²) in [6.07, 6.45) is 3.22. The summed E-state index contributed by atoms with van der Waals surface area (Å²) in [5.74, 6) is 0.721. The van der Waals surface area contributed by atoms with Gasteiger partial charge in [-0.15, -0.1) is 0 Å². The number of fused-ring (bicyclic) bond motifs is 1. The van der Waals surface area contributed by atoms with Crippen LogP contribution < -0.4 is 0 Å². The first-order valence-electron chi connectivity index (χ1n) is 12.5. The van der Waals surface area contributed by atoms with Gasteiger partial charge in [-0.1, -0.05) is 25.9 Å². The Kier molecular flexibility index (Phi) is 8.02. The molecule has 0 bridgehead atoms. The number of benzene rings is 1. The van der Waals surface area contributed by atoms with E-state index in [1.165, 1.54) is 0 Å². The molecule has 3 rings (SSSR count). The SMILES string of the molecule is C[SiH](C)OC(c1c(O)ccc2c(CCC3CCN(C(=O)OC(C)(C)C)CC3)noc12)C(C)(C)C. The van der Waals surface area contributed by atoms with Gasteiger partial charge in [-0.05, 0) is 83.0 Å². The molecule has 2 aromatic rings. The first-order valence-corrected chi connectivity index (χ1v) is 15.3. The number of carbonyl (C=O) groups excluding carboxylic acids is 1. The van der Waals surface area contributed by atoms with Crippen molar-refractivity contribution in [1.82, 2.24) is 10.1 Å². The van der Waals surface area contributed by atoms with Gasteiger partial charge in [0.25, 0.3) is 0 Å². The van der Waals surface area contributed by atoms with Gasteiger partial charge in [0.2, 0.25) is 0 Å². The normalized spacial score (nSPS) is 16.9. The molecule has 0 saturated carbocycles. The number of nitrogens with zero attached hydrogens (tertiary/aromatic N) is 2. The van der Waals surface area contributed by atoms with Crippen molar-refractivity contribution in [2.24, 2.45) is 11.3 Å². The maximum atomic E-state index is 12.3. The van der Waals surface area contributed by atoms with Crippen molar-refractivity contribution < 1.29 is 23.6 Å². The van der Waals surface area contributed by atoms with E-state index in [4.69, 9.17) is 13.7 Å². The topological polar surface area (TPSA) is 85.0 Å². The van der Waals surface area contributed by atoms with E-state index in [1.807, 2.05) is 31.7 Å². The molecule has 1 saturated heterocycles. The van der Waals surface area contributed by atoms with Crippen LogP contribution in [-0.2, 0) is 15.6 Å². The van der Waals surface area contributed by atoms with Gasteiger partial charge >= 0.3 is 6.09 Å². The predicted molar refractivity (Wildman–Crippen MR) is 137 cm³/mol. The third kappa shape index (κ3) is 6.53. The van der Waals surface area contributed by atoms with Crippen molar-refractivity contribution in [1.29, 1.82) is 0 Å². The summed E-state index contributed by atoms with van der Waals surface area (Å²) >= 11 is 0. The van der Waals surface area contributed by atoms with Gasteiger partial charge in [-0.2, -0.15) is 0 Å². The minimum absolute atomic E-state index is 0.194. The van der Waals surface area contributed by atoms with Gasteiger partial charge in [0.05, 0.1) is 17.4 Å². The zero-order chi connectivity index (χ0) is 25.3. The van der Waals surface area contributed by atoms with Crippen LogP contribution in [0.4, 0.5) is 4.79 Å². The van der Waals surface area contributed by atoms with Crippen molar-refractivity contribution in [2.75, 3.05) is 13.1 Å². The summed E-state index contributed by atoms with van der Waals surface area (Å²) in [5.41, 5.74) is 1.59. The van der Waals surface area contributed by atoms with Crippen LogP contribution in [0.2, 0.25) is 13.1 Å². The fourth-order valence-electron chi connectivity index (χ4n) is 4.55. The minimum Gasteiger partial charge on any atom is -0.507 e. The maximum absolute atomic E-state index is 12.3. The predicted octanol–water partition coefficient (Wildman–Crippen LogP) is 6.20. The lowest BCUT2D eigenvalue weighted by atomic mass is 9.83. The molecule has 0 spiro atoms. The molecule has 0 radical (unpaired) electrons. The first kappa shape index (κ1) is 26.5. The number of phenols is 1. The molecule has 1 aromatic heterocycles. The summed E-state index contributed by atoms with van der Waals surface area (Å²) in [7, 11) is -1.36. The van der Waals surface area contributed by atoms with Gasteiger partial charge < -0.3 is 23.7 Å². The van der Waals surface area contributed by atoms with E-state index in [0.29, 0.717) is 17.1 Å². The summed E-state index contributed by atoms with van der Waals surface area (Å²) in [5, 5.41) is 16.1. The Bertz CT molecular complexity index is 981. The Morgan fingerprint density at radius 3 is 2.41 bits per heavy atom. The van der Waals surface area contributed by atoms with Crippen LogP contribution in [0.25, 0.3) is 11.0 Å². The molecule has 1 N–H and O–H groups in total. The van der Waals surface area contributed by atoms with E-state index in [9.17, 15) is 9.90 Å². The highest BCUT2D eigenvalue weighted by Crippen LogP contribution is 2.44. The summed E-state index contributed by atoms with van der Waals surface area (Å²) in [4.78, 5) is 14.1. The smallest absolute Gasteiger partial charge is 0.410 e. The van der Waals surface area contributed by atoms with Crippen LogP contribution in [-0.4, -0.2) is 49.0 Å². The Morgan fingerprint density at radius 1 is 1.21 bits per heavy atom. The number of aryl methyl sites for hydroxylation is 1. The highest BCUT2D eigenvalue weighted by molar-refractivity contribution is 6.48. The molecule has 0 aliphatic carbocycles. The fraction of sp³-hybridized carbons (Fsp3) is 0.692. The Hall–Kier alpha value is -2.06. The number of carbonyl (C=O) groups is 1. The molecule has 1 amide bonds. The number of rotatable bonds is 6. The Balaban J connectivity index is 1.70. The number of likely N-dealkylation sites (tertiary alicyclic amines) is 1. The first-order chi connectivity index (χ1) is 15.8. The number of aromatic nitrogens is 1. The second kappa shape index (κ2) is 10.3. The molecule has 1 atom stereocenters. The summed E-state index contributed by atoms with van der Waals surface area (Å²) in [6, 6.07) is 3.64. The van der Waals surface area contributed by atoms with Crippen LogP contribution >= 0.6 is 0 Å². The molecule has 1 aromatic carbocycles. The zero-order valence-corrected chi connectivity index (χ0v) is 23.3. The maximum Gasteiger partial charge on any atom is 0.410 e. The van der Waals surface area contributed by atoms with Gasteiger partial charge in [0, 0.05) is 18.5 Å². The van der Waals surface area contributed by atoms with Crippen molar-refractivity contribution in [3.8, 4) is 5.75 Å². The highest BCUT2D eigenvalue weighted by Gasteiger charge is 2.34. The number of hydrogen-bond acceptors (Lipinski definition) is 6. The van der Waals surface area contributed by atoms with Gasteiger partial charge in [0.1, 0.15) is 11.4 Å². The average molecular weight is 491 g/mol. The molecule has 1 unspecified atom stereocenters. The van der Waals surface area contributed by atoms with Crippen molar-refractivity contribution in [2.45, 2.75) is 92.0 Å². The number of aromatic hydroxyl groups is 1. The van der Waals surface area contributed by atoms with Crippen molar-refractivity contribution in [3.05, 3.63) is 23.4 Å². The average Bonchev–Trinajstić information content (AvgIpc) is 3.12. The lowest BCUT2D eigenvalue weighted by Crippen LogP contribution is -2.41. The van der Waals surface area contributed by atoms with E-state index in [1.54, 1.807) is 6.07 Å². The van der Waals surface area contributed by atoms with E-state index >= 15 is 0 Å². The molecule has 34 heavy (non-hydrogen) atoms. The zero-order valence-electron chi connectivity index (χ0n) is 22.1. The molecular weight excluding hydrogens is 448 g/mol. The largest absolute Gasteiger partial charge is 0.507 e. The molecule has 190 valence electrons. The van der Waals surface area contributed by atoms with Crippen LogP contribution in [0, 0.1) is 11.3 Å². The monoisotopic (exact) mass is 490 g/mol. The number of phenolic OH excluding ortho intramolecular Hbond substituents is 1. The molecular formula is C26H42N2O5Si. The van der Waals surface area contributed by atoms with E-state index in [-0.39, 0.29) is 23.4 Å². The number of ether oxygens (including phenoxy) is 1. The van der Waals surface area contributed by atoms with Crippen molar-refractivity contribution >= 4 is 26.1 Å². The second-order valence-electron chi connectivity index (χ2n) is 11.9. The van der Waals surface area contributed by atoms with E-state index in [0.717, 1.165) is 49.9 Å². The van der Waals surface area contributed by atoms with Gasteiger partial charge in [-0.3, -0.25) is 0 Å². The molecule has 1 aliphatic heterocycles.